The van der Waals surface area contributed by atoms with Crippen molar-refractivity contribution in [1.82, 2.24) is 5.32 Å². The Kier molecular flexibility index (Phi) is 6.77. The van der Waals surface area contributed by atoms with Crippen molar-refractivity contribution in [1.29, 1.82) is 0 Å². The Morgan fingerprint density at radius 1 is 0.750 bits per heavy atom. The lowest BCUT2D eigenvalue weighted by atomic mass is 9.96. The summed E-state index contributed by atoms with van der Waals surface area (Å²) in [6.45, 7) is -2.36. The highest BCUT2D eigenvalue weighted by Gasteiger charge is 2.80. The number of aliphatic carboxylic acids is 1. The largest absolute Gasteiger partial charge is 0.480 e. The van der Waals surface area contributed by atoms with Gasteiger partial charge in [0.2, 0.25) is 0 Å². The second-order valence-electron chi connectivity index (χ2n) is 4.80. The number of hydrogen-bond donors (Lipinski definition) is 4. The molecule has 0 aliphatic heterocycles. The topological polar surface area (TPSA) is 141 Å². The number of Topliss-reactive ketones (excluding diaryl/α,β-unsaturated/α-hetero) is 2. The van der Waals surface area contributed by atoms with Gasteiger partial charge in [0, 0.05) is 0 Å². The van der Waals surface area contributed by atoms with Crippen molar-refractivity contribution in [2.45, 2.75) is 29.5 Å². The molecule has 0 aromatic rings. The summed E-state index contributed by atoms with van der Waals surface area (Å²) in [5.74, 6) is -25.5. The van der Waals surface area contributed by atoms with E-state index in [2.05, 4.69) is 0 Å². The monoisotopic (exact) mass is 461 g/mol. The first kappa shape index (κ1) is 26.2. The summed E-state index contributed by atoms with van der Waals surface area (Å²) in [7, 11) is -7.44. The maximum Gasteiger partial charge on any atom is 0.461 e. The van der Waals surface area contributed by atoms with Gasteiger partial charge in [-0.05, 0) is 0 Å². The number of carbonyl (C=O) groups excluding carboxylic acids is 2. The van der Waals surface area contributed by atoms with Crippen LogP contribution in [0.4, 0.5) is 43.9 Å². The molecule has 0 amide bonds. The fourth-order valence-electron chi connectivity index (χ4n) is 1.55. The number of rotatable bonds is 8. The quantitative estimate of drug-likeness (QED) is 0.239. The van der Waals surface area contributed by atoms with Gasteiger partial charge in [0.05, 0.1) is 6.54 Å². The molecule has 4 N–H and O–H groups in total. The lowest BCUT2D eigenvalue weighted by Gasteiger charge is -2.36. The molecule has 0 spiro atoms. The Bertz CT molecular complexity index is 671. The number of alkyl halides is 10. The molecule has 0 fully saturated rings. The minimum absolute atomic E-state index is 0.207. The summed E-state index contributed by atoms with van der Waals surface area (Å²) < 4.78 is 138. The van der Waals surface area contributed by atoms with Gasteiger partial charge in [-0.2, -0.15) is 43.9 Å². The number of carboxylic acid groups (broad SMARTS) is 1. The summed E-state index contributed by atoms with van der Waals surface area (Å²) in [6, 6.07) is 0. The molecule has 0 aliphatic carbocycles. The molecule has 28 heavy (non-hydrogen) atoms. The standard InChI is InChI=1S/C9H6F10NO7P/c10-6(11,8(14,15)16)3(23)5(28(25,26)27,20-1-2(21)22)4(24)7(12,13)9(17,18)19/h20H,1H2,(H,21,22)(H2,25,26,27). The Labute approximate surface area is 145 Å². The zero-order valence-corrected chi connectivity index (χ0v) is 13.3. The third kappa shape index (κ3) is 4.28. The van der Waals surface area contributed by atoms with Crippen LogP contribution in [0.5, 0.6) is 0 Å². The fourth-order valence-corrected chi connectivity index (χ4v) is 2.64. The highest BCUT2D eigenvalue weighted by atomic mass is 31.2. The van der Waals surface area contributed by atoms with Crippen LogP contribution < -0.4 is 5.32 Å². The Balaban J connectivity index is 7.10. The van der Waals surface area contributed by atoms with Gasteiger partial charge in [-0.3, -0.25) is 24.3 Å². The molecule has 0 aromatic heterocycles. The molecule has 0 bridgehead atoms. The zero-order chi connectivity index (χ0) is 23.1. The minimum atomic E-state index is -7.44. The Morgan fingerprint density at radius 3 is 1.21 bits per heavy atom. The van der Waals surface area contributed by atoms with Crippen LogP contribution in [0.25, 0.3) is 0 Å². The summed E-state index contributed by atoms with van der Waals surface area (Å²) in [5.41, 5.74) is 0. The third-order valence-electron chi connectivity index (χ3n) is 2.87. The first-order valence-electron chi connectivity index (χ1n) is 5.99. The normalized spacial score (nSPS) is 14.7. The molecule has 0 atom stereocenters. The van der Waals surface area contributed by atoms with Crippen molar-refractivity contribution in [3.63, 3.8) is 0 Å². The van der Waals surface area contributed by atoms with Crippen LogP contribution in [0, 0.1) is 0 Å². The molecule has 0 radical (unpaired) electrons. The maximum atomic E-state index is 13.2. The van der Waals surface area contributed by atoms with Gasteiger partial charge in [0.15, 0.2) is 0 Å². The van der Waals surface area contributed by atoms with Crippen LogP contribution >= 0.6 is 7.60 Å². The van der Waals surface area contributed by atoms with E-state index in [4.69, 9.17) is 14.9 Å². The van der Waals surface area contributed by atoms with Crippen molar-refractivity contribution in [2.75, 3.05) is 6.54 Å². The van der Waals surface area contributed by atoms with Crippen molar-refractivity contribution >= 4 is 25.1 Å². The van der Waals surface area contributed by atoms with E-state index < -0.39 is 61.2 Å². The molecule has 0 saturated heterocycles. The molecule has 8 nitrogen and oxygen atoms in total. The van der Waals surface area contributed by atoms with E-state index in [9.17, 15) is 62.9 Å². The van der Waals surface area contributed by atoms with Crippen LogP contribution in [0.15, 0.2) is 0 Å². The van der Waals surface area contributed by atoms with E-state index >= 15 is 0 Å². The molecule has 164 valence electrons. The van der Waals surface area contributed by atoms with Crippen LogP contribution in [0.3, 0.4) is 0 Å². The molecule has 0 unspecified atom stereocenters. The minimum Gasteiger partial charge on any atom is -0.480 e. The van der Waals surface area contributed by atoms with Gasteiger partial charge in [-0.15, -0.1) is 0 Å². The summed E-state index contributed by atoms with van der Waals surface area (Å²) in [4.78, 5) is 51.0. The van der Waals surface area contributed by atoms with Crippen LogP contribution in [-0.2, 0) is 18.9 Å². The van der Waals surface area contributed by atoms with Gasteiger partial charge in [0.25, 0.3) is 16.8 Å². The van der Waals surface area contributed by atoms with Gasteiger partial charge < -0.3 is 14.9 Å². The molecule has 0 aliphatic rings. The molecule has 0 aromatic carbocycles. The van der Waals surface area contributed by atoms with E-state index in [0.717, 1.165) is 0 Å². The molecule has 0 rings (SSSR count). The molecule has 0 saturated carbocycles. The van der Waals surface area contributed by atoms with Gasteiger partial charge >= 0.3 is 37.8 Å². The summed E-state index contributed by atoms with van der Waals surface area (Å²) in [6.07, 6.45) is -14.2. The van der Waals surface area contributed by atoms with E-state index in [-0.39, 0.29) is 5.32 Å². The first-order chi connectivity index (χ1) is 12.0. The Morgan fingerprint density at radius 2 is 1.04 bits per heavy atom. The number of halogens is 10. The van der Waals surface area contributed by atoms with Crippen molar-refractivity contribution in [2.24, 2.45) is 0 Å². The number of ketones is 2. The molecule has 0 heterocycles. The predicted octanol–water partition coefficient (Wildman–Crippen LogP) is 1.07. The predicted molar refractivity (Wildman–Crippen MR) is 62.4 cm³/mol. The second kappa shape index (κ2) is 7.23. The second-order valence-corrected chi connectivity index (χ2v) is 6.56. The van der Waals surface area contributed by atoms with Gasteiger partial charge in [-0.25, -0.2) is 0 Å². The highest BCUT2D eigenvalue weighted by molar-refractivity contribution is 7.56. The smallest absolute Gasteiger partial charge is 0.461 e. The van der Waals surface area contributed by atoms with E-state index in [0.29, 0.717) is 0 Å². The number of hydrogen-bond acceptors (Lipinski definition) is 5. The van der Waals surface area contributed by atoms with Gasteiger partial charge in [-0.1, -0.05) is 0 Å². The number of carboxylic acids is 1. The maximum absolute atomic E-state index is 13.2. The number of nitrogens with one attached hydrogen (secondary N) is 1. The highest BCUT2D eigenvalue weighted by Crippen LogP contribution is 2.57. The molecule has 19 heteroatoms. The Hall–Kier alpha value is -1.78. The molecular formula is C9H6F10NO7P. The van der Waals surface area contributed by atoms with Crippen LogP contribution in [-0.4, -0.2) is 68.5 Å². The van der Waals surface area contributed by atoms with E-state index in [1.807, 2.05) is 0 Å². The van der Waals surface area contributed by atoms with Crippen molar-refractivity contribution < 1.29 is 77.7 Å². The van der Waals surface area contributed by atoms with Crippen molar-refractivity contribution in [3.05, 3.63) is 0 Å². The molecular weight excluding hydrogens is 455 g/mol. The number of carbonyl (C=O) groups is 3. The summed E-state index contributed by atoms with van der Waals surface area (Å²) >= 11 is 0. The third-order valence-corrected chi connectivity index (χ3v) is 4.31. The summed E-state index contributed by atoms with van der Waals surface area (Å²) in [5, 5.41) is 2.57. The van der Waals surface area contributed by atoms with Crippen LogP contribution in [0.1, 0.15) is 0 Å². The van der Waals surface area contributed by atoms with Crippen LogP contribution in [0.2, 0.25) is 0 Å². The fraction of sp³-hybridized carbons (Fsp3) is 0.667. The SMILES string of the molecule is O=C(O)CNC(C(=O)C(F)(F)C(F)(F)F)(C(=O)C(F)(F)C(F)(F)F)P(=O)(O)O. The van der Waals surface area contributed by atoms with E-state index in [1.165, 1.54) is 0 Å². The average Bonchev–Trinajstić information content (AvgIpc) is 2.42. The lowest BCUT2D eigenvalue weighted by molar-refractivity contribution is -0.276. The zero-order valence-electron chi connectivity index (χ0n) is 12.4. The van der Waals surface area contributed by atoms with E-state index in [1.54, 1.807) is 0 Å². The van der Waals surface area contributed by atoms with Gasteiger partial charge in [0.1, 0.15) is 0 Å². The average molecular weight is 461 g/mol. The van der Waals surface area contributed by atoms with Crippen molar-refractivity contribution in [3.8, 4) is 0 Å². The lowest BCUT2D eigenvalue weighted by Crippen LogP contribution is -2.70. The first-order valence-corrected chi connectivity index (χ1v) is 7.60.